The predicted molar refractivity (Wildman–Crippen MR) is 102 cm³/mol. The van der Waals surface area contributed by atoms with Gasteiger partial charge in [-0.25, -0.2) is 4.98 Å². The first-order valence-corrected chi connectivity index (χ1v) is 8.33. The molecule has 0 saturated heterocycles. The number of rotatable bonds is 3. The van der Waals surface area contributed by atoms with Crippen LogP contribution in [0.5, 0.6) is 5.75 Å². The van der Waals surface area contributed by atoms with Crippen LogP contribution >= 0.6 is 24.4 Å². The fourth-order valence-electron chi connectivity index (χ4n) is 2.71. The number of ether oxygens (including phenoxy) is 1. The van der Waals surface area contributed by atoms with Gasteiger partial charge in [-0.15, -0.1) is 0 Å². The molecular formula is C18H13N3O2S2. The van der Waals surface area contributed by atoms with E-state index in [1.165, 1.54) is 0 Å². The Morgan fingerprint density at radius 2 is 1.88 bits per heavy atom. The molecule has 0 unspecified atom stereocenters. The highest BCUT2D eigenvalue weighted by atomic mass is 32.1. The molecule has 4 aromatic rings. The molecule has 3 heterocycles. The van der Waals surface area contributed by atoms with Gasteiger partial charge in [-0.2, -0.15) is 0 Å². The van der Waals surface area contributed by atoms with Gasteiger partial charge >= 0.3 is 0 Å². The van der Waals surface area contributed by atoms with Crippen molar-refractivity contribution in [2.75, 3.05) is 7.11 Å². The highest BCUT2D eigenvalue weighted by Crippen LogP contribution is 2.32. The van der Waals surface area contributed by atoms with Crippen molar-refractivity contribution >= 4 is 35.5 Å². The maximum absolute atomic E-state index is 5.59. The molecule has 5 nitrogen and oxygen atoms in total. The van der Waals surface area contributed by atoms with E-state index in [-0.39, 0.29) is 0 Å². The lowest BCUT2D eigenvalue weighted by atomic mass is 10.0. The fraction of sp³-hybridized carbons (Fsp3) is 0.0556. The van der Waals surface area contributed by atoms with Gasteiger partial charge < -0.3 is 19.1 Å². The van der Waals surface area contributed by atoms with Crippen molar-refractivity contribution < 1.29 is 9.15 Å². The summed E-state index contributed by atoms with van der Waals surface area (Å²) >= 11 is 10.7. The number of fused-ring (bicyclic) bond motifs is 1. The number of furan rings is 1. The number of methoxy groups -OCH3 is 1. The van der Waals surface area contributed by atoms with E-state index in [0.29, 0.717) is 20.8 Å². The molecule has 124 valence electrons. The summed E-state index contributed by atoms with van der Waals surface area (Å²) in [5, 5.41) is 0.774. The van der Waals surface area contributed by atoms with Crippen molar-refractivity contribution in [1.29, 1.82) is 0 Å². The van der Waals surface area contributed by atoms with Gasteiger partial charge in [0, 0.05) is 11.1 Å². The van der Waals surface area contributed by atoms with Crippen molar-refractivity contribution in [2.24, 2.45) is 0 Å². The molecule has 3 aromatic heterocycles. The third kappa shape index (κ3) is 2.88. The van der Waals surface area contributed by atoms with Gasteiger partial charge in [0.05, 0.1) is 24.5 Å². The average molecular weight is 367 g/mol. The van der Waals surface area contributed by atoms with Gasteiger partial charge in [-0.3, -0.25) is 0 Å². The number of nitrogens with zero attached hydrogens (tertiary/aromatic N) is 1. The summed E-state index contributed by atoms with van der Waals surface area (Å²) in [6, 6.07) is 13.4. The van der Waals surface area contributed by atoms with Crippen LogP contribution < -0.4 is 4.74 Å². The molecule has 0 amide bonds. The molecule has 25 heavy (non-hydrogen) atoms. The molecule has 4 rings (SSSR count). The lowest BCUT2D eigenvalue weighted by molar-refractivity contribution is 0.415. The first kappa shape index (κ1) is 15.7. The molecule has 0 saturated carbocycles. The van der Waals surface area contributed by atoms with Gasteiger partial charge in [0.1, 0.15) is 21.8 Å². The molecule has 7 heteroatoms. The first-order chi connectivity index (χ1) is 12.2. The highest BCUT2D eigenvalue weighted by molar-refractivity contribution is 7.72. The Morgan fingerprint density at radius 1 is 1.08 bits per heavy atom. The monoisotopic (exact) mass is 367 g/mol. The van der Waals surface area contributed by atoms with Crippen molar-refractivity contribution in [3.63, 3.8) is 0 Å². The minimum absolute atomic E-state index is 0.433. The second-order valence-corrected chi connectivity index (χ2v) is 6.21. The van der Waals surface area contributed by atoms with E-state index < -0.39 is 0 Å². The molecule has 0 aliphatic carbocycles. The zero-order chi connectivity index (χ0) is 17.4. The number of hydrogen-bond acceptors (Lipinski definition) is 5. The largest absolute Gasteiger partial charge is 0.497 e. The molecule has 0 fully saturated rings. The van der Waals surface area contributed by atoms with Gasteiger partial charge in [-0.05, 0) is 54.7 Å². The summed E-state index contributed by atoms with van der Waals surface area (Å²) in [5.41, 5.74) is 3.21. The Balaban J connectivity index is 2.03. The zero-order valence-electron chi connectivity index (χ0n) is 13.2. The number of aromatic nitrogens is 3. The number of pyridine rings is 1. The van der Waals surface area contributed by atoms with Crippen LogP contribution in [0, 0.1) is 9.41 Å². The van der Waals surface area contributed by atoms with Crippen LogP contribution in [0.25, 0.3) is 33.6 Å². The quantitative estimate of drug-likeness (QED) is 0.482. The Kier molecular flexibility index (Phi) is 3.95. The standard InChI is InChI=1S/C18H13N3O2S2/c1-22-11-6-4-10(5-7-11)13-9-12(14-3-2-8-23-14)15-16(19-13)20-18(25)21-17(15)24/h2-9H,1H3,(H2,19,20,21,24,25). The number of H-pyrrole nitrogens is 2. The van der Waals surface area contributed by atoms with E-state index in [2.05, 4.69) is 9.97 Å². The predicted octanol–water partition coefficient (Wildman–Crippen LogP) is 5.29. The van der Waals surface area contributed by atoms with E-state index in [4.69, 9.17) is 38.6 Å². The smallest absolute Gasteiger partial charge is 0.177 e. The Hall–Kier alpha value is -2.77. The van der Waals surface area contributed by atoms with Gasteiger partial charge in [0.25, 0.3) is 0 Å². The summed E-state index contributed by atoms with van der Waals surface area (Å²) in [4.78, 5) is 10.7. The summed E-state index contributed by atoms with van der Waals surface area (Å²) in [7, 11) is 1.64. The molecule has 0 aliphatic rings. The van der Waals surface area contributed by atoms with Crippen molar-refractivity contribution in [3.8, 4) is 28.3 Å². The van der Waals surface area contributed by atoms with Crippen molar-refractivity contribution in [1.82, 2.24) is 15.0 Å². The van der Waals surface area contributed by atoms with Crippen LogP contribution in [-0.4, -0.2) is 22.1 Å². The van der Waals surface area contributed by atoms with Gasteiger partial charge in [0.15, 0.2) is 4.77 Å². The highest BCUT2D eigenvalue weighted by Gasteiger charge is 2.13. The van der Waals surface area contributed by atoms with Crippen LogP contribution in [0.3, 0.4) is 0 Å². The zero-order valence-corrected chi connectivity index (χ0v) is 14.8. The molecule has 0 spiro atoms. The summed E-state index contributed by atoms with van der Waals surface area (Å²) in [5.74, 6) is 1.50. The lowest BCUT2D eigenvalue weighted by Gasteiger charge is -2.09. The lowest BCUT2D eigenvalue weighted by Crippen LogP contribution is -1.95. The summed E-state index contributed by atoms with van der Waals surface area (Å²) in [6.07, 6.45) is 1.63. The van der Waals surface area contributed by atoms with Crippen LogP contribution in [0.2, 0.25) is 0 Å². The van der Waals surface area contributed by atoms with Crippen molar-refractivity contribution in [2.45, 2.75) is 0 Å². The molecule has 1 aromatic carbocycles. The van der Waals surface area contributed by atoms with Crippen LogP contribution in [-0.2, 0) is 0 Å². The molecule has 0 aliphatic heterocycles. The Morgan fingerprint density at radius 3 is 2.56 bits per heavy atom. The minimum Gasteiger partial charge on any atom is -0.497 e. The first-order valence-electron chi connectivity index (χ1n) is 7.51. The van der Waals surface area contributed by atoms with Crippen LogP contribution in [0.1, 0.15) is 0 Å². The van der Waals surface area contributed by atoms with Gasteiger partial charge in [0.2, 0.25) is 0 Å². The van der Waals surface area contributed by atoms with E-state index in [9.17, 15) is 0 Å². The molecule has 0 radical (unpaired) electrons. The second-order valence-electron chi connectivity index (χ2n) is 5.39. The van der Waals surface area contributed by atoms with E-state index in [0.717, 1.165) is 28.0 Å². The maximum Gasteiger partial charge on any atom is 0.177 e. The number of hydrogen-bond donors (Lipinski definition) is 2. The second kappa shape index (κ2) is 6.27. The molecule has 0 bridgehead atoms. The SMILES string of the molecule is COc1ccc(-c2cc(-c3ccco3)c3c(=S)[nH]c(=S)[nH]c3n2)cc1. The van der Waals surface area contributed by atoms with E-state index in [1.807, 2.05) is 42.5 Å². The minimum atomic E-state index is 0.433. The molecule has 2 N–H and O–H groups in total. The third-order valence-corrected chi connectivity index (χ3v) is 4.39. The molecule has 0 atom stereocenters. The van der Waals surface area contributed by atoms with Crippen molar-refractivity contribution in [3.05, 3.63) is 58.1 Å². The number of nitrogens with one attached hydrogen (secondary N) is 2. The fourth-order valence-corrected chi connectivity index (χ4v) is 3.28. The number of aromatic amines is 2. The third-order valence-electron chi connectivity index (χ3n) is 3.88. The number of benzene rings is 1. The van der Waals surface area contributed by atoms with E-state index >= 15 is 0 Å². The Bertz CT molecular complexity index is 1160. The van der Waals surface area contributed by atoms with Crippen LogP contribution in [0.15, 0.2) is 53.1 Å². The average Bonchev–Trinajstić information content (AvgIpc) is 3.15. The topological polar surface area (TPSA) is 66.8 Å². The van der Waals surface area contributed by atoms with Crippen LogP contribution in [0.4, 0.5) is 0 Å². The maximum atomic E-state index is 5.59. The molecular weight excluding hydrogens is 354 g/mol. The normalized spacial score (nSPS) is 10.9. The van der Waals surface area contributed by atoms with E-state index in [1.54, 1.807) is 13.4 Å². The Labute approximate surface area is 153 Å². The van der Waals surface area contributed by atoms with Gasteiger partial charge in [-0.1, -0.05) is 12.2 Å². The summed E-state index contributed by atoms with van der Waals surface area (Å²) in [6.45, 7) is 0. The summed E-state index contributed by atoms with van der Waals surface area (Å²) < 4.78 is 11.8.